The van der Waals surface area contributed by atoms with Crippen molar-refractivity contribution in [3.05, 3.63) is 59.5 Å². The first-order valence-corrected chi connectivity index (χ1v) is 7.80. The van der Waals surface area contributed by atoms with Crippen molar-refractivity contribution in [2.45, 2.75) is 13.0 Å². The van der Waals surface area contributed by atoms with Crippen LogP contribution in [0.2, 0.25) is 0 Å². The number of carbonyl (C=O) groups excluding carboxylic acids is 1. The third-order valence-corrected chi connectivity index (χ3v) is 3.62. The quantitative estimate of drug-likeness (QED) is 0.847. The van der Waals surface area contributed by atoms with Gasteiger partial charge in [-0.3, -0.25) is 4.79 Å². The van der Waals surface area contributed by atoms with Crippen LogP contribution in [-0.2, 0) is 0 Å². The molecule has 0 saturated carbocycles. The highest BCUT2D eigenvalue weighted by molar-refractivity contribution is 5.93. The first-order chi connectivity index (χ1) is 11.5. The topological polar surface area (TPSA) is 54.5 Å². The molecule has 128 valence electrons. The molecular weight excluding hydrogens is 309 g/mol. The second-order valence-electron chi connectivity index (χ2n) is 5.56. The molecule has 0 saturated heterocycles. The Bertz CT molecular complexity index is 657. The average Bonchev–Trinajstić information content (AvgIpc) is 2.57. The molecule has 0 aliphatic carbocycles. The van der Waals surface area contributed by atoms with Crippen LogP contribution in [0.15, 0.2) is 42.6 Å². The van der Waals surface area contributed by atoms with E-state index in [4.69, 9.17) is 4.74 Å². The van der Waals surface area contributed by atoms with E-state index in [1.54, 1.807) is 24.3 Å². The fraction of sp³-hybridized carbons (Fsp3) is 0.333. The van der Waals surface area contributed by atoms with E-state index in [-0.39, 0.29) is 17.8 Å². The van der Waals surface area contributed by atoms with Gasteiger partial charge >= 0.3 is 0 Å². The van der Waals surface area contributed by atoms with Crippen molar-refractivity contribution < 1.29 is 13.9 Å². The predicted octanol–water partition coefficient (Wildman–Crippen LogP) is 2.65. The number of rotatable bonds is 7. The van der Waals surface area contributed by atoms with Crippen LogP contribution in [0.3, 0.4) is 0 Å². The van der Waals surface area contributed by atoms with Crippen molar-refractivity contribution in [3.8, 4) is 5.88 Å². The number of hydrogen-bond donors (Lipinski definition) is 1. The number of hydrogen-bond acceptors (Lipinski definition) is 4. The third kappa shape index (κ3) is 4.76. The van der Waals surface area contributed by atoms with Crippen LogP contribution in [0, 0.1) is 5.82 Å². The van der Waals surface area contributed by atoms with E-state index in [2.05, 4.69) is 10.3 Å². The molecule has 0 aliphatic rings. The van der Waals surface area contributed by atoms with Gasteiger partial charge < -0.3 is 15.0 Å². The molecule has 2 rings (SSSR count). The number of halogens is 1. The largest absolute Gasteiger partial charge is 0.478 e. The molecule has 1 atom stereocenters. The van der Waals surface area contributed by atoms with Crippen molar-refractivity contribution >= 4 is 5.91 Å². The number of pyridine rings is 1. The number of aromatic nitrogens is 1. The average molecular weight is 331 g/mol. The summed E-state index contributed by atoms with van der Waals surface area (Å²) in [7, 11) is 3.83. The Morgan fingerprint density at radius 2 is 1.96 bits per heavy atom. The lowest BCUT2D eigenvalue weighted by Gasteiger charge is -2.25. The van der Waals surface area contributed by atoms with E-state index in [0.29, 0.717) is 24.6 Å². The number of likely N-dealkylation sites (N-methyl/N-ethyl adjacent to an activating group) is 1. The van der Waals surface area contributed by atoms with E-state index >= 15 is 0 Å². The molecule has 24 heavy (non-hydrogen) atoms. The van der Waals surface area contributed by atoms with Gasteiger partial charge in [0.05, 0.1) is 18.2 Å². The molecule has 1 aromatic carbocycles. The second-order valence-corrected chi connectivity index (χ2v) is 5.56. The molecule has 1 unspecified atom stereocenters. The Morgan fingerprint density at radius 3 is 2.50 bits per heavy atom. The molecule has 5 nitrogen and oxygen atoms in total. The zero-order valence-corrected chi connectivity index (χ0v) is 14.1. The molecule has 0 aliphatic heterocycles. The molecule has 1 heterocycles. The summed E-state index contributed by atoms with van der Waals surface area (Å²) in [5.74, 6) is 0.00629. The Hall–Kier alpha value is -2.47. The zero-order chi connectivity index (χ0) is 17.5. The Kier molecular flexibility index (Phi) is 6.26. The minimum absolute atomic E-state index is 0.0507. The molecule has 0 fully saturated rings. The highest BCUT2D eigenvalue weighted by atomic mass is 19.1. The lowest BCUT2D eigenvalue weighted by atomic mass is 10.1. The minimum Gasteiger partial charge on any atom is -0.478 e. The summed E-state index contributed by atoms with van der Waals surface area (Å²) in [6, 6.07) is 9.59. The van der Waals surface area contributed by atoms with Crippen LogP contribution in [0.5, 0.6) is 5.88 Å². The Labute approximate surface area is 141 Å². The summed E-state index contributed by atoms with van der Waals surface area (Å²) >= 11 is 0. The van der Waals surface area contributed by atoms with Crippen LogP contribution < -0.4 is 10.1 Å². The minimum atomic E-state index is -0.277. The van der Waals surface area contributed by atoms with Gasteiger partial charge in [0.2, 0.25) is 5.88 Å². The number of carbonyl (C=O) groups is 1. The van der Waals surface area contributed by atoms with Crippen molar-refractivity contribution in [2.24, 2.45) is 0 Å². The summed E-state index contributed by atoms with van der Waals surface area (Å²) in [6.07, 6.45) is 1.49. The predicted molar refractivity (Wildman–Crippen MR) is 90.6 cm³/mol. The van der Waals surface area contributed by atoms with Gasteiger partial charge in [-0.15, -0.1) is 0 Å². The number of ether oxygens (including phenoxy) is 1. The molecule has 0 bridgehead atoms. The van der Waals surface area contributed by atoms with E-state index in [1.807, 2.05) is 25.9 Å². The third-order valence-electron chi connectivity index (χ3n) is 3.62. The fourth-order valence-electron chi connectivity index (χ4n) is 2.32. The van der Waals surface area contributed by atoms with Crippen molar-refractivity contribution in [2.75, 3.05) is 27.2 Å². The van der Waals surface area contributed by atoms with Gasteiger partial charge in [0.1, 0.15) is 5.82 Å². The number of benzene rings is 1. The highest BCUT2D eigenvalue weighted by Gasteiger charge is 2.16. The molecule has 1 amide bonds. The van der Waals surface area contributed by atoms with E-state index in [9.17, 15) is 9.18 Å². The fourth-order valence-corrected chi connectivity index (χ4v) is 2.32. The van der Waals surface area contributed by atoms with Crippen LogP contribution in [0.25, 0.3) is 0 Å². The van der Waals surface area contributed by atoms with Crippen molar-refractivity contribution in [1.82, 2.24) is 15.2 Å². The summed E-state index contributed by atoms with van der Waals surface area (Å²) in [4.78, 5) is 18.3. The van der Waals surface area contributed by atoms with Gasteiger partial charge in [-0.25, -0.2) is 9.37 Å². The first-order valence-electron chi connectivity index (χ1n) is 7.80. The van der Waals surface area contributed by atoms with Crippen LogP contribution >= 0.6 is 0 Å². The molecule has 6 heteroatoms. The summed E-state index contributed by atoms with van der Waals surface area (Å²) in [6.45, 7) is 2.81. The number of nitrogens with zero attached hydrogens (tertiary/aromatic N) is 2. The van der Waals surface area contributed by atoms with E-state index < -0.39 is 0 Å². The van der Waals surface area contributed by atoms with Crippen LogP contribution in [-0.4, -0.2) is 43.0 Å². The maximum absolute atomic E-state index is 13.1. The standard InChI is InChI=1S/C18H22FN3O2/c1-4-24-17-10-7-14(11-20-17)18(23)21-12-16(22(2)3)13-5-8-15(19)9-6-13/h5-11,16H,4,12H2,1-3H3,(H,21,23). The smallest absolute Gasteiger partial charge is 0.252 e. The van der Waals surface area contributed by atoms with Gasteiger partial charge in [0.15, 0.2) is 0 Å². The van der Waals surface area contributed by atoms with Crippen LogP contribution in [0.4, 0.5) is 4.39 Å². The maximum atomic E-state index is 13.1. The molecule has 2 aromatic rings. The second kappa shape index (κ2) is 8.40. The summed E-state index contributed by atoms with van der Waals surface area (Å²) in [5, 5.41) is 2.89. The molecule has 0 spiro atoms. The van der Waals surface area contributed by atoms with Crippen molar-refractivity contribution in [1.29, 1.82) is 0 Å². The van der Waals surface area contributed by atoms with Gasteiger partial charge in [-0.1, -0.05) is 12.1 Å². The zero-order valence-electron chi connectivity index (χ0n) is 14.1. The molecular formula is C18H22FN3O2. The maximum Gasteiger partial charge on any atom is 0.252 e. The monoisotopic (exact) mass is 331 g/mol. The lowest BCUT2D eigenvalue weighted by molar-refractivity contribution is 0.0941. The molecule has 0 radical (unpaired) electrons. The van der Waals surface area contributed by atoms with Crippen LogP contribution in [0.1, 0.15) is 28.9 Å². The highest BCUT2D eigenvalue weighted by Crippen LogP contribution is 2.18. The molecule has 1 N–H and O–H groups in total. The molecule has 1 aromatic heterocycles. The normalized spacial score (nSPS) is 12.0. The SMILES string of the molecule is CCOc1ccc(C(=O)NCC(c2ccc(F)cc2)N(C)C)cn1. The van der Waals surface area contributed by atoms with Crippen molar-refractivity contribution in [3.63, 3.8) is 0 Å². The Morgan fingerprint density at radius 1 is 1.25 bits per heavy atom. The van der Waals surface area contributed by atoms with Gasteiger partial charge in [-0.2, -0.15) is 0 Å². The van der Waals surface area contributed by atoms with Gasteiger partial charge in [-0.05, 0) is 44.8 Å². The first kappa shape index (κ1) is 17.9. The van der Waals surface area contributed by atoms with Gasteiger partial charge in [0.25, 0.3) is 5.91 Å². The number of nitrogens with one attached hydrogen (secondary N) is 1. The Balaban J connectivity index is 2.00. The lowest BCUT2D eigenvalue weighted by Crippen LogP contribution is -2.34. The number of amides is 1. The van der Waals surface area contributed by atoms with Gasteiger partial charge in [0, 0.05) is 18.8 Å². The van der Waals surface area contributed by atoms with E-state index in [1.165, 1.54) is 18.3 Å². The summed E-state index contributed by atoms with van der Waals surface area (Å²) < 4.78 is 18.3. The van der Waals surface area contributed by atoms with E-state index in [0.717, 1.165) is 5.56 Å². The summed E-state index contributed by atoms with van der Waals surface area (Å²) in [5.41, 5.74) is 1.40.